The second kappa shape index (κ2) is 8.55. The Bertz CT molecular complexity index is 1210. The molecular formula is C23H26N8O2. The summed E-state index contributed by atoms with van der Waals surface area (Å²) in [6, 6.07) is 8.03. The van der Waals surface area contributed by atoms with Gasteiger partial charge in [-0.05, 0) is 38.8 Å². The third-order valence-corrected chi connectivity index (χ3v) is 5.17. The molecule has 0 saturated heterocycles. The third kappa shape index (κ3) is 5.12. The number of anilines is 2. The minimum atomic E-state index is -0.853. The van der Waals surface area contributed by atoms with Crippen molar-refractivity contribution in [3.8, 4) is 22.7 Å². The van der Waals surface area contributed by atoms with Gasteiger partial charge in [-0.15, -0.1) is 0 Å². The number of nitrogens with zero attached hydrogens (tertiary/aromatic N) is 6. The fraction of sp³-hybridized carbons (Fsp3) is 0.304. The van der Waals surface area contributed by atoms with Crippen LogP contribution in [0, 0.1) is 0 Å². The highest BCUT2D eigenvalue weighted by Crippen LogP contribution is 2.32. The zero-order valence-electron chi connectivity index (χ0n) is 18.9. The highest BCUT2D eigenvalue weighted by Gasteiger charge is 2.29. The quantitative estimate of drug-likeness (QED) is 0.386. The molecule has 33 heavy (non-hydrogen) atoms. The molecule has 0 aliphatic heterocycles. The Hall–Kier alpha value is -3.92. The molecule has 0 amide bonds. The Labute approximate surface area is 191 Å². The van der Waals surface area contributed by atoms with E-state index in [1.807, 2.05) is 38.1 Å². The number of nitrogens with two attached hydrogens (primary N) is 1. The first-order valence-corrected chi connectivity index (χ1v) is 10.4. The zero-order valence-corrected chi connectivity index (χ0v) is 18.9. The molecule has 10 heteroatoms. The summed E-state index contributed by atoms with van der Waals surface area (Å²) in [6.45, 7) is 7.83. The van der Waals surface area contributed by atoms with Crippen molar-refractivity contribution in [2.24, 2.45) is 0 Å². The predicted octanol–water partition coefficient (Wildman–Crippen LogP) is 3.07. The topological polar surface area (TPSA) is 149 Å². The van der Waals surface area contributed by atoms with Gasteiger partial charge in [-0.1, -0.05) is 29.4 Å². The molecule has 170 valence electrons. The molecule has 0 saturated carbocycles. The summed E-state index contributed by atoms with van der Waals surface area (Å²) >= 11 is 0. The van der Waals surface area contributed by atoms with E-state index >= 15 is 0 Å². The maximum absolute atomic E-state index is 9.81. The summed E-state index contributed by atoms with van der Waals surface area (Å²) < 4.78 is 5.46. The van der Waals surface area contributed by atoms with Crippen LogP contribution >= 0.6 is 0 Å². The van der Waals surface area contributed by atoms with Crippen molar-refractivity contribution in [1.29, 1.82) is 0 Å². The van der Waals surface area contributed by atoms with E-state index in [0.29, 0.717) is 23.9 Å². The number of aliphatic hydroxyl groups is 1. The number of nitrogen functional groups attached to an aromatic ring is 1. The summed E-state index contributed by atoms with van der Waals surface area (Å²) in [5.74, 6) is 1.61. The van der Waals surface area contributed by atoms with Crippen molar-refractivity contribution in [2.75, 3.05) is 17.6 Å². The number of benzene rings is 1. The van der Waals surface area contributed by atoms with E-state index in [0.717, 1.165) is 16.7 Å². The lowest BCUT2D eigenvalue weighted by atomic mass is 9.83. The summed E-state index contributed by atoms with van der Waals surface area (Å²) in [6.07, 6.45) is 6.51. The van der Waals surface area contributed by atoms with Crippen LogP contribution in [0.2, 0.25) is 0 Å². The third-order valence-electron chi connectivity index (χ3n) is 5.17. The SMILES string of the molecule is CC(C)(O)CNc1cnc(-c2nc(C(C)(C)c3ccc(-c4cnc(N)nc4)cc3)no2)cn1. The Kier molecular flexibility index (Phi) is 5.77. The van der Waals surface area contributed by atoms with E-state index in [2.05, 4.69) is 35.4 Å². The first-order chi connectivity index (χ1) is 15.6. The molecule has 0 fully saturated rings. The van der Waals surface area contributed by atoms with Crippen LogP contribution in [-0.4, -0.2) is 47.3 Å². The van der Waals surface area contributed by atoms with Crippen LogP contribution in [-0.2, 0) is 5.41 Å². The maximum Gasteiger partial charge on any atom is 0.278 e. The Balaban J connectivity index is 1.50. The van der Waals surface area contributed by atoms with Gasteiger partial charge in [-0.3, -0.25) is 0 Å². The number of hydrogen-bond acceptors (Lipinski definition) is 10. The van der Waals surface area contributed by atoms with Crippen LogP contribution in [0.4, 0.5) is 11.8 Å². The largest absolute Gasteiger partial charge is 0.389 e. The van der Waals surface area contributed by atoms with Crippen molar-refractivity contribution < 1.29 is 9.63 Å². The van der Waals surface area contributed by atoms with Gasteiger partial charge in [0.05, 0.1) is 23.4 Å². The van der Waals surface area contributed by atoms with Crippen LogP contribution < -0.4 is 11.1 Å². The second-order valence-corrected chi connectivity index (χ2v) is 8.91. The molecule has 3 aromatic heterocycles. The van der Waals surface area contributed by atoms with Gasteiger partial charge in [-0.2, -0.15) is 4.98 Å². The van der Waals surface area contributed by atoms with Crippen LogP contribution in [0.15, 0.2) is 53.6 Å². The van der Waals surface area contributed by atoms with E-state index in [1.165, 1.54) is 0 Å². The zero-order chi connectivity index (χ0) is 23.6. The van der Waals surface area contributed by atoms with E-state index in [1.54, 1.807) is 38.6 Å². The molecule has 4 aromatic rings. The van der Waals surface area contributed by atoms with Gasteiger partial charge < -0.3 is 20.7 Å². The lowest BCUT2D eigenvalue weighted by Crippen LogP contribution is -2.29. The van der Waals surface area contributed by atoms with E-state index in [4.69, 9.17) is 10.3 Å². The van der Waals surface area contributed by atoms with Gasteiger partial charge in [0.2, 0.25) is 5.95 Å². The van der Waals surface area contributed by atoms with Crippen LogP contribution in [0.1, 0.15) is 39.1 Å². The fourth-order valence-corrected chi connectivity index (χ4v) is 3.11. The summed E-state index contributed by atoms with van der Waals surface area (Å²) in [5, 5.41) is 17.0. The first-order valence-electron chi connectivity index (χ1n) is 10.4. The predicted molar refractivity (Wildman–Crippen MR) is 124 cm³/mol. The molecule has 4 rings (SSSR count). The van der Waals surface area contributed by atoms with E-state index in [9.17, 15) is 5.11 Å². The Morgan fingerprint density at radius 1 is 0.909 bits per heavy atom. The molecule has 0 aliphatic carbocycles. The molecule has 4 N–H and O–H groups in total. The highest BCUT2D eigenvalue weighted by atomic mass is 16.5. The molecule has 0 unspecified atom stereocenters. The van der Waals surface area contributed by atoms with Crippen LogP contribution in [0.3, 0.4) is 0 Å². The highest BCUT2D eigenvalue weighted by molar-refractivity contribution is 5.62. The van der Waals surface area contributed by atoms with Gasteiger partial charge in [0, 0.05) is 24.5 Å². The fourth-order valence-electron chi connectivity index (χ4n) is 3.11. The molecule has 0 spiro atoms. The van der Waals surface area contributed by atoms with Gasteiger partial charge in [0.15, 0.2) is 5.82 Å². The number of hydrogen-bond donors (Lipinski definition) is 3. The standard InChI is InChI=1S/C23H26N8O2/c1-22(2,32)13-29-18-12-25-17(11-26-18)19-30-20(31-33-19)23(3,4)16-7-5-14(6-8-16)15-9-27-21(24)28-10-15/h5-12,32H,13H2,1-4H3,(H,26,29)(H2,24,27,28). The summed E-state index contributed by atoms with van der Waals surface area (Å²) in [5.41, 5.74) is 7.57. The van der Waals surface area contributed by atoms with Crippen LogP contribution in [0.5, 0.6) is 0 Å². The van der Waals surface area contributed by atoms with Crippen molar-refractivity contribution in [3.63, 3.8) is 0 Å². The molecule has 1 aromatic carbocycles. The lowest BCUT2D eigenvalue weighted by Gasteiger charge is -2.21. The van der Waals surface area contributed by atoms with Crippen molar-refractivity contribution >= 4 is 11.8 Å². The maximum atomic E-state index is 9.81. The molecular weight excluding hydrogens is 420 g/mol. The number of nitrogens with one attached hydrogen (secondary N) is 1. The summed E-state index contributed by atoms with van der Waals surface area (Å²) in [7, 11) is 0. The average molecular weight is 447 g/mol. The second-order valence-electron chi connectivity index (χ2n) is 8.91. The molecule has 0 radical (unpaired) electrons. The first kappa shape index (κ1) is 22.3. The van der Waals surface area contributed by atoms with Crippen molar-refractivity contribution in [2.45, 2.75) is 38.7 Å². The molecule has 0 bridgehead atoms. The van der Waals surface area contributed by atoms with Gasteiger partial charge in [-0.25, -0.2) is 19.9 Å². The Morgan fingerprint density at radius 3 is 2.21 bits per heavy atom. The smallest absolute Gasteiger partial charge is 0.278 e. The normalized spacial score (nSPS) is 12.0. The minimum Gasteiger partial charge on any atom is -0.389 e. The Morgan fingerprint density at radius 2 is 1.61 bits per heavy atom. The van der Waals surface area contributed by atoms with Crippen LogP contribution in [0.25, 0.3) is 22.7 Å². The molecule has 0 atom stereocenters. The minimum absolute atomic E-state index is 0.245. The van der Waals surface area contributed by atoms with Gasteiger partial charge in [0.1, 0.15) is 11.5 Å². The molecule has 10 nitrogen and oxygen atoms in total. The van der Waals surface area contributed by atoms with Crippen molar-refractivity contribution in [3.05, 3.63) is 60.4 Å². The van der Waals surface area contributed by atoms with Gasteiger partial charge >= 0.3 is 0 Å². The summed E-state index contributed by atoms with van der Waals surface area (Å²) in [4.78, 5) is 21.3. The molecule has 3 heterocycles. The monoisotopic (exact) mass is 446 g/mol. The van der Waals surface area contributed by atoms with Gasteiger partial charge in [0.25, 0.3) is 5.89 Å². The molecule has 0 aliphatic rings. The average Bonchev–Trinajstić information content (AvgIpc) is 3.29. The van der Waals surface area contributed by atoms with E-state index < -0.39 is 11.0 Å². The number of rotatable bonds is 7. The lowest BCUT2D eigenvalue weighted by molar-refractivity contribution is 0.0944. The van der Waals surface area contributed by atoms with E-state index in [-0.39, 0.29) is 11.8 Å². The number of aromatic nitrogens is 6. The van der Waals surface area contributed by atoms with Crippen molar-refractivity contribution in [1.82, 2.24) is 30.1 Å².